The minimum atomic E-state index is -0.117. The van der Waals surface area contributed by atoms with Gasteiger partial charge in [0.1, 0.15) is 35.2 Å². The van der Waals surface area contributed by atoms with Crippen LogP contribution >= 0.6 is 11.8 Å². The number of pyridine rings is 3. The maximum absolute atomic E-state index is 9.89. The SMILES string of the molecule is CNc1nc(SCc2cccnc2)c(C#N)c(-c2ccc(OCCO)nc2)c1C#N. The van der Waals surface area contributed by atoms with E-state index in [9.17, 15) is 10.5 Å². The highest BCUT2D eigenvalue weighted by molar-refractivity contribution is 7.98. The number of nitriles is 2. The van der Waals surface area contributed by atoms with E-state index in [1.165, 1.54) is 11.8 Å². The third-order valence-corrected chi connectivity index (χ3v) is 5.14. The zero-order valence-electron chi connectivity index (χ0n) is 16.2. The maximum atomic E-state index is 9.89. The molecule has 0 unspecified atom stereocenters. The Morgan fingerprint density at radius 3 is 2.60 bits per heavy atom. The van der Waals surface area contributed by atoms with Gasteiger partial charge in [-0.1, -0.05) is 6.07 Å². The van der Waals surface area contributed by atoms with Gasteiger partial charge in [-0.3, -0.25) is 4.98 Å². The van der Waals surface area contributed by atoms with Crippen LogP contribution < -0.4 is 10.1 Å². The summed E-state index contributed by atoms with van der Waals surface area (Å²) in [5.74, 6) is 1.32. The van der Waals surface area contributed by atoms with Gasteiger partial charge in [-0.2, -0.15) is 10.5 Å². The van der Waals surface area contributed by atoms with E-state index in [1.54, 1.807) is 37.8 Å². The van der Waals surface area contributed by atoms with Crippen molar-refractivity contribution in [3.63, 3.8) is 0 Å². The Balaban J connectivity index is 2.06. The van der Waals surface area contributed by atoms with Crippen LogP contribution in [0.15, 0.2) is 47.9 Å². The van der Waals surface area contributed by atoms with E-state index in [-0.39, 0.29) is 18.8 Å². The summed E-state index contributed by atoms with van der Waals surface area (Å²) in [7, 11) is 1.68. The van der Waals surface area contributed by atoms with Crippen molar-refractivity contribution in [2.45, 2.75) is 10.8 Å². The minimum absolute atomic E-state index is 0.117. The fourth-order valence-electron chi connectivity index (χ4n) is 2.75. The van der Waals surface area contributed by atoms with Crippen molar-refractivity contribution in [3.8, 4) is 29.1 Å². The van der Waals surface area contributed by atoms with E-state index >= 15 is 0 Å². The number of aromatic nitrogens is 3. The second-order valence-corrected chi connectivity index (χ2v) is 6.94. The van der Waals surface area contributed by atoms with Crippen LogP contribution in [0.2, 0.25) is 0 Å². The van der Waals surface area contributed by atoms with Crippen molar-refractivity contribution in [3.05, 3.63) is 59.5 Å². The van der Waals surface area contributed by atoms with Crippen molar-refractivity contribution >= 4 is 17.6 Å². The first kappa shape index (κ1) is 21.1. The highest BCUT2D eigenvalue weighted by Crippen LogP contribution is 2.37. The first-order valence-corrected chi connectivity index (χ1v) is 9.98. The Morgan fingerprint density at radius 2 is 2.00 bits per heavy atom. The third kappa shape index (κ3) is 4.66. The monoisotopic (exact) mass is 418 g/mol. The molecule has 0 spiro atoms. The highest BCUT2D eigenvalue weighted by Gasteiger charge is 2.21. The number of thioether (sulfide) groups is 1. The van der Waals surface area contributed by atoms with Crippen molar-refractivity contribution in [2.75, 3.05) is 25.6 Å². The van der Waals surface area contributed by atoms with Gasteiger partial charge in [0.2, 0.25) is 5.88 Å². The van der Waals surface area contributed by atoms with Gasteiger partial charge < -0.3 is 15.2 Å². The number of ether oxygens (including phenoxy) is 1. The van der Waals surface area contributed by atoms with E-state index in [4.69, 9.17) is 9.84 Å². The molecule has 0 aliphatic heterocycles. The number of rotatable bonds is 8. The topological polar surface area (TPSA) is 128 Å². The molecule has 0 saturated carbocycles. The van der Waals surface area contributed by atoms with Gasteiger partial charge in [0.15, 0.2) is 0 Å². The summed E-state index contributed by atoms with van der Waals surface area (Å²) >= 11 is 1.40. The van der Waals surface area contributed by atoms with E-state index < -0.39 is 0 Å². The van der Waals surface area contributed by atoms with Crippen LogP contribution in [0.1, 0.15) is 16.7 Å². The van der Waals surface area contributed by atoms with Crippen LogP contribution in [0.4, 0.5) is 5.82 Å². The summed E-state index contributed by atoms with van der Waals surface area (Å²) in [5.41, 5.74) is 2.64. The minimum Gasteiger partial charge on any atom is -0.475 e. The predicted molar refractivity (Wildman–Crippen MR) is 113 cm³/mol. The lowest BCUT2D eigenvalue weighted by Crippen LogP contribution is -2.05. The molecule has 0 aliphatic rings. The van der Waals surface area contributed by atoms with Gasteiger partial charge in [-0.25, -0.2) is 9.97 Å². The van der Waals surface area contributed by atoms with E-state index in [0.717, 1.165) is 5.56 Å². The molecule has 150 valence electrons. The summed E-state index contributed by atoms with van der Waals surface area (Å²) in [6.45, 7) is 0.0154. The number of anilines is 1. The molecule has 3 heterocycles. The van der Waals surface area contributed by atoms with Crippen molar-refractivity contribution in [2.24, 2.45) is 0 Å². The summed E-state index contributed by atoms with van der Waals surface area (Å²) in [6.07, 6.45) is 5.00. The number of hydrogen-bond acceptors (Lipinski definition) is 9. The van der Waals surface area contributed by atoms with Crippen LogP contribution in [0.25, 0.3) is 11.1 Å². The largest absolute Gasteiger partial charge is 0.475 e. The van der Waals surface area contributed by atoms with E-state index in [2.05, 4.69) is 32.4 Å². The number of nitrogens with zero attached hydrogens (tertiary/aromatic N) is 5. The molecule has 0 aromatic carbocycles. The third-order valence-electron chi connectivity index (χ3n) is 4.09. The molecule has 3 aromatic heterocycles. The van der Waals surface area contributed by atoms with Crippen LogP contribution in [0.5, 0.6) is 5.88 Å². The fraction of sp³-hybridized carbons (Fsp3) is 0.190. The Hall–Kier alpha value is -3.66. The average Bonchev–Trinajstić information content (AvgIpc) is 2.81. The first-order valence-electron chi connectivity index (χ1n) is 8.99. The molecule has 0 atom stereocenters. The van der Waals surface area contributed by atoms with Gasteiger partial charge in [0.25, 0.3) is 0 Å². The molecular formula is C21H18N6O2S. The summed E-state index contributed by atoms with van der Waals surface area (Å²) in [6, 6.07) is 11.5. The lowest BCUT2D eigenvalue weighted by molar-refractivity contribution is 0.196. The van der Waals surface area contributed by atoms with E-state index in [0.29, 0.717) is 39.2 Å². The molecule has 0 aliphatic carbocycles. The molecule has 0 radical (unpaired) electrons. The van der Waals surface area contributed by atoms with Gasteiger partial charge >= 0.3 is 0 Å². The Kier molecular flexibility index (Phi) is 7.17. The number of nitrogens with one attached hydrogen (secondary N) is 1. The van der Waals surface area contributed by atoms with E-state index in [1.807, 2.05) is 12.1 Å². The van der Waals surface area contributed by atoms with Crippen molar-refractivity contribution in [1.82, 2.24) is 15.0 Å². The second kappa shape index (κ2) is 10.2. The molecule has 0 fully saturated rings. The van der Waals surface area contributed by atoms with Gasteiger partial charge in [0, 0.05) is 48.6 Å². The van der Waals surface area contributed by atoms with Gasteiger partial charge in [-0.05, 0) is 17.7 Å². The number of hydrogen-bond donors (Lipinski definition) is 2. The molecule has 0 amide bonds. The smallest absolute Gasteiger partial charge is 0.213 e. The molecule has 3 aromatic rings. The lowest BCUT2D eigenvalue weighted by atomic mass is 9.98. The summed E-state index contributed by atoms with van der Waals surface area (Å²) in [5, 5.41) is 32.0. The zero-order chi connectivity index (χ0) is 21.3. The van der Waals surface area contributed by atoms with Crippen molar-refractivity contribution in [1.29, 1.82) is 10.5 Å². The van der Waals surface area contributed by atoms with Crippen LogP contribution in [0, 0.1) is 22.7 Å². The summed E-state index contributed by atoms with van der Waals surface area (Å²) in [4.78, 5) is 12.8. The van der Waals surface area contributed by atoms with Crippen LogP contribution in [-0.2, 0) is 5.75 Å². The predicted octanol–water partition coefficient (Wildman–Crippen LogP) is 2.99. The lowest BCUT2D eigenvalue weighted by Gasteiger charge is -2.14. The molecule has 3 rings (SSSR count). The molecule has 2 N–H and O–H groups in total. The molecule has 30 heavy (non-hydrogen) atoms. The van der Waals surface area contributed by atoms with Crippen molar-refractivity contribution < 1.29 is 9.84 Å². The zero-order valence-corrected chi connectivity index (χ0v) is 17.0. The Morgan fingerprint density at radius 1 is 1.17 bits per heavy atom. The molecular weight excluding hydrogens is 400 g/mol. The van der Waals surface area contributed by atoms with Crippen LogP contribution in [-0.4, -0.2) is 40.3 Å². The Bertz CT molecular complexity index is 1090. The molecule has 8 nitrogen and oxygen atoms in total. The molecule has 0 saturated heterocycles. The average molecular weight is 418 g/mol. The number of aliphatic hydroxyl groups excluding tert-OH is 1. The molecule has 0 bridgehead atoms. The standard InChI is InChI=1S/C21H18N6O2S/c1-24-20-16(9-22)19(15-4-5-18(26-12-15)29-8-7-28)17(10-23)21(27-20)30-13-14-3-2-6-25-11-14/h2-6,11-12,28H,7-8,13H2,1H3,(H,24,27). The van der Waals surface area contributed by atoms with Gasteiger partial charge in [0.05, 0.1) is 12.2 Å². The van der Waals surface area contributed by atoms with Gasteiger partial charge in [-0.15, -0.1) is 11.8 Å². The number of aliphatic hydroxyl groups is 1. The second-order valence-electron chi connectivity index (χ2n) is 5.97. The fourth-order valence-corrected chi connectivity index (χ4v) is 3.67. The van der Waals surface area contributed by atoms with Crippen LogP contribution in [0.3, 0.4) is 0 Å². The molecule has 9 heteroatoms. The quantitative estimate of drug-likeness (QED) is 0.530. The normalized spacial score (nSPS) is 10.1. The summed E-state index contributed by atoms with van der Waals surface area (Å²) < 4.78 is 5.29. The first-order chi connectivity index (χ1) is 14.7. The Labute approximate surface area is 178 Å². The highest BCUT2D eigenvalue weighted by atomic mass is 32.2. The maximum Gasteiger partial charge on any atom is 0.213 e.